The van der Waals surface area contributed by atoms with E-state index in [9.17, 15) is 8.42 Å². The molecule has 0 aromatic heterocycles. The molecule has 2 atom stereocenters. The number of halogens is 1. The van der Waals surface area contributed by atoms with Crippen LogP contribution in [0.2, 0.25) is 5.02 Å². The van der Waals surface area contributed by atoms with Gasteiger partial charge in [-0.25, -0.2) is 8.42 Å². The molecule has 1 N–H and O–H groups in total. The molecule has 1 aromatic rings. The number of nitrogens with zero attached hydrogens (tertiary/aromatic N) is 1. The Morgan fingerprint density at radius 2 is 1.78 bits per heavy atom. The van der Waals surface area contributed by atoms with Crippen LogP contribution in [0.5, 0.6) is 0 Å². The van der Waals surface area contributed by atoms with Crippen molar-refractivity contribution in [3.63, 3.8) is 0 Å². The van der Waals surface area contributed by atoms with E-state index in [1.807, 2.05) is 0 Å². The van der Waals surface area contributed by atoms with Crippen molar-refractivity contribution < 1.29 is 13.5 Å². The van der Waals surface area contributed by atoms with Gasteiger partial charge in [0.05, 0.1) is 11.9 Å². The van der Waals surface area contributed by atoms with Crippen molar-refractivity contribution in [3.8, 4) is 0 Å². The average molecular weight is 292 g/mol. The zero-order valence-corrected chi connectivity index (χ0v) is 12.2. The smallest absolute Gasteiger partial charge is 0.219 e. The number of hydrogen-bond acceptors (Lipinski definition) is 3. The van der Waals surface area contributed by atoms with Crippen molar-refractivity contribution in [3.05, 3.63) is 34.9 Å². The molecule has 0 heterocycles. The highest BCUT2D eigenvalue weighted by atomic mass is 35.5. The third-order valence-electron chi connectivity index (χ3n) is 3.06. The van der Waals surface area contributed by atoms with Gasteiger partial charge >= 0.3 is 0 Å². The second-order valence-corrected chi connectivity index (χ2v) is 7.13. The molecule has 0 bridgehead atoms. The highest BCUT2D eigenvalue weighted by Crippen LogP contribution is 2.24. The van der Waals surface area contributed by atoms with E-state index in [2.05, 4.69) is 0 Å². The topological polar surface area (TPSA) is 57.6 Å². The SMILES string of the molecule is CC(c1ccc(Cl)cc1)N(C)S(=O)(=O)C(C)CO. The number of sulfonamides is 1. The molecular formula is C12H18ClNO3S. The van der Waals surface area contributed by atoms with Crippen LogP contribution >= 0.6 is 11.6 Å². The van der Waals surface area contributed by atoms with Gasteiger partial charge in [-0.15, -0.1) is 0 Å². The van der Waals surface area contributed by atoms with Crippen molar-refractivity contribution in [2.24, 2.45) is 0 Å². The van der Waals surface area contributed by atoms with E-state index in [1.165, 1.54) is 18.3 Å². The van der Waals surface area contributed by atoms with Crippen LogP contribution in [0.25, 0.3) is 0 Å². The minimum atomic E-state index is -3.50. The molecule has 4 nitrogen and oxygen atoms in total. The van der Waals surface area contributed by atoms with Gasteiger partial charge in [0.25, 0.3) is 0 Å². The summed E-state index contributed by atoms with van der Waals surface area (Å²) in [6.45, 7) is 2.89. The normalized spacial score (nSPS) is 15.7. The lowest BCUT2D eigenvalue weighted by Crippen LogP contribution is -2.37. The Hall–Kier alpha value is -0.620. The summed E-state index contributed by atoms with van der Waals surface area (Å²) in [4.78, 5) is 0. The van der Waals surface area contributed by atoms with Crippen LogP contribution in [0.1, 0.15) is 25.5 Å². The van der Waals surface area contributed by atoms with Gasteiger partial charge in [0, 0.05) is 18.1 Å². The molecule has 0 amide bonds. The first kappa shape index (κ1) is 15.4. The summed E-state index contributed by atoms with van der Waals surface area (Å²) in [6.07, 6.45) is 0. The highest BCUT2D eigenvalue weighted by Gasteiger charge is 2.29. The van der Waals surface area contributed by atoms with Crippen LogP contribution in [0, 0.1) is 0 Å². The predicted molar refractivity (Wildman–Crippen MR) is 73.1 cm³/mol. The van der Waals surface area contributed by atoms with E-state index in [4.69, 9.17) is 16.7 Å². The lowest BCUT2D eigenvalue weighted by atomic mass is 10.1. The minimum Gasteiger partial charge on any atom is -0.395 e. The van der Waals surface area contributed by atoms with E-state index >= 15 is 0 Å². The van der Waals surface area contributed by atoms with Crippen LogP contribution in [-0.4, -0.2) is 36.7 Å². The van der Waals surface area contributed by atoms with E-state index in [0.29, 0.717) is 5.02 Å². The van der Waals surface area contributed by atoms with Crippen LogP contribution in [-0.2, 0) is 10.0 Å². The molecule has 0 saturated heterocycles. The molecule has 102 valence electrons. The Morgan fingerprint density at radius 3 is 2.22 bits per heavy atom. The molecule has 0 aliphatic rings. The van der Waals surface area contributed by atoms with Gasteiger partial charge in [0.15, 0.2) is 0 Å². The summed E-state index contributed by atoms with van der Waals surface area (Å²) >= 11 is 5.79. The molecule has 2 unspecified atom stereocenters. The molecule has 18 heavy (non-hydrogen) atoms. The first-order valence-corrected chi connectivity index (χ1v) is 7.52. The van der Waals surface area contributed by atoms with Crippen LogP contribution < -0.4 is 0 Å². The zero-order valence-electron chi connectivity index (χ0n) is 10.7. The van der Waals surface area contributed by atoms with E-state index < -0.39 is 15.3 Å². The lowest BCUT2D eigenvalue weighted by Gasteiger charge is -2.27. The van der Waals surface area contributed by atoms with Crippen LogP contribution in [0.4, 0.5) is 0 Å². The van der Waals surface area contributed by atoms with Gasteiger partial charge in [-0.05, 0) is 31.5 Å². The van der Waals surface area contributed by atoms with Gasteiger partial charge in [-0.2, -0.15) is 4.31 Å². The van der Waals surface area contributed by atoms with E-state index in [1.54, 1.807) is 31.2 Å². The fourth-order valence-corrected chi connectivity index (χ4v) is 2.99. The maximum absolute atomic E-state index is 12.1. The molecule has 1 rings (SSSR count). The van der Waals surface area contributed by atoms with Gasteiger partial charge in [-0.3, -0.25) is 0 Å². The fraction of sp³-hybridized carbons (Fsp3) is 0.500. The van der Waals surface area contributed by atoms with E-state index in [-0.39, 0.29) is 12.6 Å². The second kappa shape index (κ2) is 6.02. The Balaban J connectivity index is 2.97. The molecule has 0 spiro atoms. The maximum atomic E-state index is 12.1. The number of aliphatic hydroxyl groups excluding tert-OH is 1. The molecular weight excluding hydrogens is 274 g/mol. The molecule has 1 aromatic carbocycles. The summed E-state index contributed by atoms with van der Waals surface area (Å²) < 4.78 is 25.4. The van der Waals surface area contributed by atoms with Crippen molar-refractivity contribution >= 4 is 21.6 Å². The Labute approximate surface area is 113 Å². The molecule has 0 saturated carbocycles. The van der Waals surface area contributed by atoms with Crippen LogP contribution in [0.3, 0.4) is 0 Å². The fourth-order valence-electron chi connectivity index (χ4n) is 1.55. The quantitative estimate of drug-likeness (QED) is 0.903. The highest BCUT2D eigenvalue weighted by molar-refractivity contribution is 7.89. The first-order chi connectivity index (χ1) is 8.30. The summed E-state index contributed by atoms with van der Waals surface area (Å²) in [5.41, 5.74) is 0.857. The predicted octanol–water partition coefficient (Wildman–Crippen LogP) is 2.04. The molecule has 6 heteroatoms. The maximum Gasteiger partial charge on any atom is 0.219 e. The number of aliphatic hydroxyl groups is 1. The summed E-state index contributed by atoms with van der Waals surface area (Å²) in [6, 6.07) is 6.74. The van der Waals surface area contributed by atoms with Crippen molar-refractivity contribution in [2.75, 3.05) is 13.7 Å². The zero-order chi connectivity index (χ0) is 13.9. The Kier molecular flexibility index (Phi) is 5.16. The average Bonchev–Trinajstić information content (AvgIpc) is 2.36. The number of benzene rings is 1. The minimum absolute atomic E-state index is 0.304. The lowest BCUT2D eigenvalue weighted by molar-refractivity contribution is 0.287. The summed E-state index contributed by atoms with van der Waals surface area (Å²) in [5, 5.41) is 8.79. The van der Waals surface area contributed by atoms with Crippen molar-refractivity contribution in [2.45, 2.75) is 25.1 Å². The Bertz CT molecular complexity index is 487. The second-order valence-electron chi connectivity index (χ2n) is 4.28. The van der Waals surface area contributed by atoms with Crippen molar-refractivity contribution in [1.29, 1.82) is 0 Å². The third kappa shape index (κ3) is 3.23. The van der Waals surface area contributed by atoms with Gasteiger partial charge in [-0.1, -0.05) is 23.7 Å². The molecule has 0 aliphatic carbocycles. The first-order valence-electron chi connectivity index (χ1n) is 5.64. The van der Waals surface area contributed by atoms with E-state index in [0.717, 1.165) is 5.56 Å². The third-order valence-corrected chi connectivity index (χ3v) is 5.60. The largest absolute Gasteiger partial charge is 0.395 e. The number of hydrogen-bond donors (Lipinski definition) is 1. The molecule has 0 aliphatic heterocycles. The standard InChI is InChI=1S/C12H18ClNO3S/c1-9(8-15)18(16,17)14(3)10(2)11-4-6-12(13)7-5-11/h4-7,9-10,15H,8H2,1-3H3. The van der Waals surface area contributed by atoms with Gasteiger partial charge < -0.3 is 5.11 Å². The molecule has 0 fully saturated rings. The van der Waals surface area contributed by atoms with Gasteiger partial charge in [0.1, 0.15) is 0 Å². The van der Waals surface area contributed by atoms with Crippen molar-refractivity contribution in [1.82, 2.24) is 4.31 Å². The van der Waals surface area contributed by atoms with Crippen LogP contribution in [0.15, 0.2) is 24.3 Å². The Morgan fingerprint density at radius 1 is 1.28 bits per heavy atom. The molecule has 0 radical (unpaired) electrons. The summed E-state index contributed by atoms with van der Waals surface area (Å²) in [7, 11) is -1.98. The summed E-state index contributed by atoms with van der Waals surface area (Å²) in [5.74, 6) is 0. The number of rotatable bonds is 5. The monoisotopic (exact) mass is 291 g/mol. The van der Waals surface area contributed by atoms with Gasteiger partial charge in [0.2, 0.25) is 10.0 Å².